The number of hydrogen-bond donors (Lipinski definition) is 1. The summed E-state index contributed by atoms with van der Waals surface area (Å²) in [6.07, 6.45) is 7.28. The summed E-state index contributed by atoms with van der Waals surface area (Å²) in [4.78, 5) is 16.6. The number of aromatic nitrogens is 1. The Labute approximate surface area is 131 Å². The molecule has 2 bridgehead atoms. The van der Waals surface area contributed by atoms with Crippen LogP contribution in [0.15, 0.2) is 12.1 Å². The van der Waals surface area contributed by atoms with Gasteiger partial charge in [0.25, 0.3) is 5.91 Å². The minimum absolute atomic E-state index is 0.0144. The number of aryl methyl sites for hydroxylation is 1. The normalized spacial score (nSPS) is 27.0. The second-order valence-corrected chi connectivity index (χ2v) is 6.95. The summed E-state index contributed by atoms with van der Waals surface area (Å²) in [6.45, 7) is 2.90. The van der Waals surface area contributed by atoms with Crippen LogP contribution in [-0.2, 0) is 6.42 Å². The third kappa shape index (κ3) is 3.39. The number of hydrogen-bond acceptors (Lipinski definition) is 2. The lowest BCUT2D eigenvalue weighted by atomic mass is 9.89. The number of rotatable bonds is 5. The van der Waals surface area contributed by atoms with Crippen LogP contribution in [0.2, 0.25) is 5.15 Å². The molecule has 4 heteroatoms. The fourth-order valence-electron chi connectivity index (χ4n) is 4.02. The fourth-order valence-corrected chi connectivity index (χ4v) is 4.24. The van der Waals surface area contributed by atoms with Crippen molar-refractivity contribution in [3.05, 3.63) is 28.5 Å². The molecule has 0 aliphatic heterocycles. The highest BCUT2D eigenvalue weighted by molar-refractivity contribution is 6.29. The van der Waals surface area contributed by atoms with E-state index in [1.807, 2.05) is 6.07 Å². The zero-order valence-electron chi connectivity index (χ0n) is 12.6. The SMILES string of the molecule is CCCc1cc(C(=O)NCC2CC3CCC2C3)cc(Cl)n1. The van der Waals surface area contributed by atoms with E-state index in [2.05, 4.69) is 17.2 Å². The fraction of sp³-hybridized carbons (Fsp3) is 0.647. The van der Waals surface area contributed by atoms with E-state index < -0.39 is 0 Å². The van der Waals surface area contributed by atoms with Crippen molar-refractivity contribution in [2.24, 2.45) is 17.8 Å². The Morgan fingerprint density at radius 1 is 1.38 bits per heavy atom. The molecule has 0 saturated heterocycles. The number of nitrogens with one attached hydrogen (secondary N) is 1. The summed E-state index contributed by atoms with van der Waals surface area (Å²) in [6, 6.07) is 3.53. The van der Waals surface area contributed by atoms with Gasteiger partial charge in [-0.2, -0.15) is 0 Å². The van der Waals surface area contributed by atoms with Gasteiger partial charge in [0, 0.05) is 17.8 Å². The first-order chi connectivity index (χ1) is 10.2. The van der Waals surface area contributed by atoms with Crippen molar-refractivity contribution < 1.29 is 4.79 Å². The van der Waals surface area contributed by atoms with Gasteiger partial charge < -0.3 is 5.32 Å². The van der Waals surface area contributed by atoms with E-state index in [4.69, 9.17) is 11.6 Å². The Morgan fingerprint density at radius 2 is 2.24 bits per heavy atom. The van der Waals surface area contributed by atoms with Crippen molar-refractivity contribution in [1.82, 2.24) is 10.3 Å². The third-order valence-electron chi connectivity index (χ3n) is 5.02. The van der Waals surface area contributed by atoms with Gasteiger partial charge in [-0.05, 0) is 55.6 Å². The van der Waals surface area contributed by atoms with Gasteiger partial charge in [-0.15, -0.1) is 0 Å². The predicted molar refractivity (Wildman–Crippen MR) is 84.5 cm³/mol. The molecule has 2 aliphatic carbocycles. The minimum atomic E-state index is -0.0144. The standard InChI is InChI=1S/C17H23ClN2O/c1-2-3-15-8-13(9-16(18)20-15)17(21)19-10-14-7-11-4-5-12(14)6-11/h8-9,11-12,14H,2-7,10H2,1H3,(H,19,21). The van der Waals surface area contributed by atoms with Crippen LogP contribution in [0.4, 0.5) is 0 Å². The molecule has 1 heterocycles. The summed E-state index contributed by atoms with van der Waals surface area (Å²) in [5, 5.41) is 3.51. The van der Waals surface area contributed by atoms with Crippen molar-refractivity contribution in [2.45, 2.75) is 45.4 Å². The zero-order valence-corrected chi connectivity index (χ0v) is 13.3. The molecule has 1 amide bonds. The van der Waals surface area contributed by atoms with Gasteiger partial charge in [-0.1, -0.05) is 31.4 Å². The summed E-state index contributed by atoms with van der Waals surface area (Å²) >= 11 is 6.02. The van der Waals surface area contributed by atoms with Crippen LogP contribution in [0.3, 0.4) is 0 Å². The van der Waals surface area contributed by atoms with E-state index >= 15 is 0 Å². The second kappa shape index (κ2) is 6.35. The van der Waals surface area contributed by atoms with Gasteiger partial charge in [0.15, 0.2) is 0 Å². The third-order valence-corrected chi connectivity index (χ3v) is 5.22. The van der Waals surface area contributed by atoms with E-state index in [-0.39, 0.29) is 5.91 Å². The average molecular weight is 307 g/mol. The van der Waals surface area contributed by atoms with Crippen LogP contribution in [-0.4, -0.2) is 17.4 Å². The molecule has 2 fully saturated rings. The van der Waals surface area contributed by atoms with Gasteiger partial charge in [0.05, 0.1) is 0 Å². The largest absolute Gasteiger partial charge is 0.352 e. The van der Waals surface area contributed by atoms with E-state index in [0.717, 1.165) is 36.9 Å². The smallest absolute Gasteiger partial charge is 0.251 e. The molecule has 0 aromatic carbocycles. The Bertz CT molecular complexity index is 532. The molecule has 3 rings (SSSR count). The van der Waals surface area contributed by atoms with Crippen LogP contribution in [0.25, 0.3) is 0 Å². The van der Waals surface area contributed by atoms with Crippen LogP contribution in [0, 0.1) is 17.8 Å². The average Bonchev–Trinajstić information content (AvgIpc) is 3.07. The maximum Gasteiger partial charge on any atom is 0.251 e. The van der Waals surface area contributed by atoms with Crippen LogP contribution >= 0.6 is 11.6 Å². The first kappa shape index (κ1) is 14.8. The van der Waals surface area contributed by atoms with Crippen LogP contribution in [0.1, 0.15) is 55.1 Å². The van der Waals surface area contributed by atoms with Gasteiger partial charge in [0.2, 0.25) is 0 Å². The molecule has 1 aromatic heterocycles. The molecule has 2 aliphatic rings. The Hall–Kier alpha value is -1.09. The summed E-state index contributed by atoms with van der Waals surface area (Å²) in [7, 11) is 0. The Morgan fingerprint density at radius 3 is 2.90 bits per heavy atom. The highest BCUT2D eigenvalue weighted by Gasteiger charge is 2.39. The summed E-state index contributed by atoms with van der Waals surface area (Å²) in [5.74, 6) is 2.43. The number of nitrogens with zero attached hydrogens (tertiary/aromatic N) is 1. The molecule has 3 atom stereocenters. The highest BCUT2D eigenvalue weighted by Crippen LogP contribution is 2.47. The predicted octanol–water partition coefficient (Wildman–Crippen LogP) is 3.85. The lowest BCUT2D eigenvalue weighted by Crippen LogP contribution is -2.31. The lowest BCUT2D eigenvalue weighted by Gasteiger charge is -2.21. The quantitative estimate of drug-likeness (QED) is 0.839. The van der Waals surface area contributed by atoms with Gasteiger partial charge in [-0.25, -0.2) is 4.98 Å². The van der Waals surface area contributed by atoms with E-state index in [1.165, 1.54) is 25.7 Å². The number of amides is 1. The van der Waals surface area contributed by atoms with Crippen molar-refractivity contribution in [2.75, 3.05) is 6.54 Å². The minimum Gasteiger partial charge on any atom is -0.352 e. The maximum atomic E-state index is 12.3. The molecule has 1 aromatic rings. The van der Waals surface area contributed by atoms with Crippen molar-refractivity contribution >= 4 is 17.5 Å². The molecule has 3 nitrogen and oxygen atoms in total. The number of carbonyl (C=O) groups excluding carboxylic acids is 1. The maximum absolute atomic E-state index is 12.3. The molecular weight excluding hydrogens is 284 g/mol. The number of pyridine rings is 1. The van der Waals surface area contributed by atoms with E-state index in [9.17, 15) is 4.79 Å². The van der Waals surface area contributed by atoms with Gasteiger partial charge in [-0.3, -0.25) is 4.79 Å². The number of carbonyl (C=O) groups is 1. The van der Waals surface area contributed by atoms with Crippen molar-refractivity contribution in [3.63, 3.8) is 0 Å². The van der Waals surface area contributed by atoms with Crippen LogP contribution in [0.5, 0.6) is 0 Å². The van der Waals surface area contributed by atoms with E-state index in [1.54, 1.807) is 6.07 Å². The number of fused-ring (bicyclic) bond motifs is 2. The zero-order chi connectivity index (χ0) is 14.8. The first-order valence-electron chi connectivity index (χ1n) is 8.10. The number of halogens is 1. The molecule has 114 valence electrons. The van der Waals surface area contributed by atoms with Gasteiger partial charge >= 0.3 is 0 Å². The topological polar surface area (TPSA) is 42.0 Å². The molecule has 1 N–H and O–H groups in total. The highest BCUT2D eigenvalue weighted by atomic mass is 35.5. The second-order valence-electron chi connectivity index (χ2n) is 6.56. The molecule has 0 spiro atoms. The van der Waals surface area contributed by atoms with Gasteiger partial charge in [0.1, 0.15) is 5.15 Å². The monoisotopic (exact) mass is 306 g/mol. The summed E-state index contributed by atoms with van der Waals surface area (Å²) < 4.78 is 0. The van der Waals surface area contributed by atoms with Crippen molar-refractivity contribution in [3.8, 4) is 0 Å². The molecule has 21 heavy (non-hydrogen) atoms. The van der Waals surface area contributed by atoms with Crippen LogP contribution < -0.4 is 5.32 Å². The Kier molecular flexibility index (Phi) is 4.48. The summed E-state index contributed by atoms with van der Waals surface area (Å²) in [5.41, 5.74) is 1.54. The Balaban J connectivity index is 1.60. The molecule has 0 radical (unpaired) electrons. The molecule has 3 unspecified atom stereocenters. The molecular formula is C17H23ClN2O. The first-order valence-corrected chi connectivity index (χ1v) is 8.48. The lowest BCUT2D eigenvalue weighted by molar-refractivity contribution is 0.0941. The molecule has 2 saturated carbocycles. The van der Waals surface area contributed by atoms with Crippen molar-refractivity contribution in [1.29, 1.82) is 0 Å². The van der Waals surface area contributed by atoms with E-state index in [0.29, 0.717) is 16.6 Å².